The summed E-state index contributed by atoms with van der Waals surface area (Å²) in [5, 5.41) is 3.73. The number of nitrogens with one attached hydrogen (secondary N) is 1. The van der Waals surface area contributed by atoms with Gasteiger partial charge in [-0.05, 0) is 54.4 Å². The van der Waals surface area contributed by atoms with E-state index >= 15 is 0 Å². The van der Waals surface area contributed by atoms with Crippen molar-refractivity contribution in [3.63, 3.8) is 0 Å². The molecule has 0 saturated heterocycles. The van der Waals surface area contributed by atoms with Crippen LogP contribution in [0.25, 0.3) is 0 Å². The van der Waals surface area contributed by atoms with Gasteiger partial charge in [-0.3, -0.25) is 0 Å². The molecule has 3 nitrogen and oxygen atoms in total. The van der Waals surface area contributed by atoms with Gasteiger partial charge < -0.3 is 14.8 Å². The lowest BCUT2D eigenvalue weighted by Gasteiger charge is -2.15. The van der Waals surface area contributed by atoms with E-state index in [0.717, 1.165) is 24.1 Å². The minimum absolute atomic E-state index is 0. The second-order valence-corrected chi connectivity index (χ2v) is 6.95. The molecule has 0 aliphatic rings. The highest BCUT2D eigenvalue weighted by atomic mass is 35.5. The van der Waals surface area contributed by atoms with Crippen molar-refractivity contribution in [2.45, 2.75) is 19.6 Å². The highest BCUT2D eigenvalue weighted by Gasteiger charge is 2.13. The van der Waals surface area contributed by atoms with E-state index in [1.807, 2.05) is 6.07 Å². The fraction of sp³-hybridized carbons (Fsp3) is 0.217. The molecule has 3 aromatic carbocycles. The first-order valence-electron chi connectivity index (χ1n) is 9.24. The lowest BCUT2D eigenvalue weighted by Crippen LogP contribution is -2.16. The Morgan fingerprint density at radius 1 is 0.967 bits per heavy atom. The summed E-state index contributed by atoms with van der Waals surface area (Å²) >= 11 is 6.38. The molecular weight excluding hydrogens is 431 g/mol. The average Bonchev–Trinajstić information content (AvgIpc) is 2.72. The van der Waals surface area contributed by atoms with Gasteiger partial charge in [-0.25, -0.2) is 8.78 Å². The van der Waals surface area contributed by atoms with Gasteiger partial charge >= 0.3 is 0 Å². The maximum Gasteiger partial charge on any atom is 0.180 e. The number of halogens is 4. The minimum atomic E-state index is -0.329. The average molecular weight is 454 g/mol. The van der Waals surface area contributed by atoms with Gasteiger partial charge in [-0.15, -0.1) is 12.4 Å². The van der Waals surface area contributed by atoms with Crippen LogP contribution in [-0.2, 0) is 19.6 Å². The zero-order chi connectivity index (χ0) is 20.6. The summed E-state index contributed by atoms with van der Waals surface area (Å²) in [5.74, 6) is 0.307. The third kappa shape index (κ3) is 6.59. The van der Waals surface area contributed by atoms with Crippen molar-refractivity contribution in [2.75, 3.05) is 13.7 Å². The van der Waals surface area contributed by atoms with E-state index in [9.17, 15) is 8.78 Å². The SMILES string of the molecule is COc1cc(CNCCc2ccc(F)cc2)cc(Cl)c1OCc1ccccc1F.Cl. The van der Waals surface area contributed by atoms with Crippen LogP contribution in [0.4, 0.5) is 8.78 Å². The Morgan fingerprint density at radius 2 is 1.70 bits per heavy atom. The molecule has 0 aliphatic carbocycles. The first kappa shape index (κ1) is 23.9. The molecule has 0 unspecified atom stereocenters. The molecule has 0 bridgehead atoms. The number of hydrogen-bond acceptors (Lipinski definition) is 3. The Balaban J connectivity index is 0.00000320. The van der Waals surface area contributed by atoms with Gasteiger partial charge in [0.25, 0.3) is 0 Å². The third-order valence-corrected chi connectivity index (χ3v) is 4.73. The van der Waals surface area contributed by atoms with E-state index in [1.165, 1.54) is 25.3 Å². The van der Waals surface area contributed by atoms with Crippen molar-refractivity contribution in [3.05, 3.63) is 94.0 Å². The monoisotopic (exact) mass is 453 g/mol. The first-order valence-corrected chi connectivity index (χ1v) is 9.62. The molecule has 30 heavy (non-hydrogen) atoms. The fourth-order valence-corrected chi connectivity index (χ4v) is 3.19. The maximum atomic E-state index is 13.8. The molecule has 0 fully saturated rings. The summed E-state index contributed by atoms with van der Waals surface area (Å²) in [6, 6.07) is 16.5. The van der Waals surface area contributed by atoms with E-state index in [4.69, 9.17) is 21.1 Å². The topological polar surface area (TPSA) is 30.5 Å². The van der Waals surface area contributed by atoms with Gasteiger partial charge in [-0.2, -0.15) is 0 Å². The smallest absolute Gasteiger partial charge is 0.180 e. The molecule has 0 amide bonds. The summed E-state index contributed by atoms with van der Waals surface area (Å²) in [4.78, 5) is 0. The van der Waals surface area contributed by atoms with Gasteiger partial charge in [0.1, 0.15) is 18.2 Å². The summed E-state index contributed by atoms with van der Waals surface area (Å²) in [7, 11) is 1.54. The lowest BCUT2D eigenvalue weighted by molar-refractivity contribution is 0.279. The van der Waals surface area contributed by atoms with Crippen LogP contribution in [0.15, 0.2) is 60.7 Å². The summed E-state index contributed by atoms with van der Waals surface area (Å²) in [5.41, 5.74) is 2.44. The molecule has 1 N–H and O–H groups in total. The zero-order valence-corrected chi connectivity index (χ0v) is 18.0. The number of rotatable bonds is 9. The normalized spacial score (nSPS) is 10.4. The van der Waals surface area contributed by atoms with Gasteiger partial charge in [0, 0.05) is 12.1 Å². The molecule has 3 aromatic rings. The van der Waals surface area contributed by atoms with Gasteiger partial charge in [-0.1, -0.05) is 41.9 Å². The van der Waals surface area contributed by atoms with Crippen LogP contribution < -0.4 is 14.8 Å². The van der Waals surface area contributed by atoms with Crippen molar-refractivity contribution in [2.24, 2.45) is 0 Å². The van der Waals surface area contributed by atoms with Gasteiger partial charge in [0.2, 0.25) is 0 Å². The molecular formula is C23H23Cl2F2NO2. The van der Waals surface area contributed by atoms with Gasteiger partial charge in [0.15, 0.2) is 11.5 Å². The summed E-state index contributed by atoms with van der Waals surface area (Å²) in [6.45, 7) is 1.37. The minimum Gasteiger partial charge on any atom is -0.493 e. The van der Waals surface area contributed by atoms with Crippen LogP contribution >= 0.6 is 24.0 Å². The van der Waals surface area contributed by atoms with Crippen molar-refractivity contribution >= 4 is 24.0 Å². The van der Waals surface area contributed by atoms with Crippen molar-refractivity contribution < 1.29 is 18.3 Å². The van der Waals surface area contributed by atoms with E-state index < -0.39 is 0 Å². The van der Waals surface area contributed by atoms with Crippen molar-refractivity contribution in [1.82, 2.24) is 5.32 Å². The van der Waals surface area contributed by atoms with Crippen LogP contribution in [0.5, 0.6) is 11.5 Å². The Kier molecular flexibility index (Phi) is 9.37. The molecule has 7 heteroatoms. The van der Waals surface area contributed by atoms with Crippen LogP contribution in [0.2, 0.25) is 5.02 Å². The van der Waals surface area contributed by atoms with Crippen LogP contribution in [0.3, 0.4) is 0 Å². The lowest BCUT2D eigenvalue weighted by atomic mass is 10.1. The quantitative estimate of drug-likeness (QED) is 0.405. The third-order valence-electron chi connectivity index (χ3n) is 4.45. The van der Waals surface area contributed by atoms with E-state index in [1.54, 1.807) is 36.4 Å². The first-order chi connectivity index (χ1) is 14.1. The summed E-state index contributed by atoms with van der Waals surface area (Å²) < 4.78 is 37.9. The Hall–Kier alpha value is -2.34. The highest BCUT2D eigenvalue weighted by molar-refractivity contribution is 6.32. The highest BCUT2D eigenvalue weighted by Crippen LogP contribution is 2.37. The Labute approximate surface area is 186 Å². The molecule has 0 heterocycles. The van der Waals surface area contributed by atoms with Crippen molar-refractivity contribution in [3.8, 4) is 11.5 Å². The van der Waals surface area contributed by atoms with Crippen LogP contribution in [-0.4, -0.2) is 13.7 Å². The Morgan fingerprint density at radius 3 is 2.40 bits per heavy atom. The van der Waals surface area contributed by atoms with Crippen LogP contribution in [0, 0.1) is 11.6 Å². The summed E-state index contributed by atoms with van der Waals surface area (Å²) in [6.07, 6.45) is 0.787. The van der Waals surface area contributed by atoms with E-state index in [2.05, 4.69) is 5.32 Å². The standard InChI is InChI=1S/C23H22ClF2NO2.ClH/c1-28-22-13-17(14-27-11-10-16-6-8-19(25)9-7-16)12-20(24)23(22)29-15-18-4-2-3-5-21(18)26;/h2-9,12-13,27H,10-11,14-15H2,1H3;1H. The second kappa shape index (κ2) is 11.7. The number of benzene rings is 3. The van der Waals surface area contributed by atoms with Crippen LogP contribution in [0.1, 0.15) is 16.7 Å². The molecule has 0 aromatic heterocycles. The van der Waals surface area contributed by atoms with Crippen molar-refractivity contribution in [1.29, 1.82) is 0 Å². The molecule has 0 spiro atoms. The van der Waals surface area contributed by atoms with E-state index in [-0.39, 0.29) is 30.6 Å². The predicted molar refractivity (Wildman–Crippen MR) is 118 cm³/mol. The fourth-order valence-electron chi connectivity index (χ4n) is 2.90. The van der Waals surface area contributed by atoms with Gasteiger partial charge in [0.05, 0.1) is 12.1 Å². The zero-order valence-electron chi connectivity index (χ0n) is 16.5. The molecule has 0 atom stereocenters. The predicted octanol–water partition coefficient (Wildman–Crippen LogP) is 5.96. The molecule has 0 aliphatic heterocycles. The molecule has 0 radical (unpaired) electrons. The molecule has 160 valence electrons. The number of hydrogen-bond donors (Lipinski definition) is 1. The second-order valence-electron chi connectivity index (χ2n) is 6.54. The molecule has 0 saturated carbocycles. The molecule has 3 rings (SSSR count). The Bertz CT molecular complexity index is 952. The number of ether oxygens (including phenoxy) is 2. The maximum absolute atomic E-state index is 13.8. The number of methoxy groups -OCH3 is 1. The van der Waals surface area contributed by atoms with E-state index in [0.29, 0.717) is 28.6 Å². The largest absolute Gasteiger partial charge is 0.493 e.